The number of ether oxygens (including phenoxy) is 1. The molecule has 1 N–H and O–H groups in total. The second-order valence-electron chi connectivity index (χ2n) is 6.96. The van der Waals surface area contributed by atoms with Gasteiger partial charge in [0, 0.05) is 17.8 Å². The number of nitrogens with zero attached hydrogens (tertiary/aromatic N) is 1. The zero-order valence-electron chi connectivity index (χ0n) is 15.7. The van der Waals surface area contributed by atoms with E-state index in [-0.39, 0.29) is 11.8 Å². The Labute approximate surface area is 164 Å². The van der Waals surface area contributed by atoms with E-state index in [1.807, 2.05) is 12.1 Å². The first-order valence-electron chi connectivity index (χ1n) is 8.97. The Morgan fingerprint density at radius 2 is 2.00 bits per heavy atom. The van der Waals surface area contributed by atoms with E-state index in [1.165, 1.54) is 12.0 Å². The molecule has 0 aliphatic carbocycles. The van der Waals surface area contributed by atoms with Crippen molar-refractivity contribution in [2.24, 2.45) is 5.92 Å². The van der Waals surface area contributed by atoms with E-state index in [9.17, 15) is 9.59 Å². The summed E-state index contributed by atoms with van der Waals surface area (Å²) in [6.07, 6.45) is 0.877. The van der Waals surface area contributed by atoms with Crippen molar-refractivity contribution < 1.29 is 14.3 Å². The van der Waals surface area contributed by atoms with Crippen LogP contribution >= 0.6 is 11.6 Å². The van der Waals surface area contributed by atoms with E-state index >= 15 is 0 Å². The molecule has 0 saturated carbocycles. The first kappa shape index (κ1) is 19.2. The molecule has 0 radical (unpaired) electrons. The molecule has 2 aromatic rings. The first-order valence-corrected chi connectivity index (χ1v) is 9.35. The van der Waals surface area contributed by atoms with Gasteiger partial charge in [0.2, 0.25) is 5.91 Å². The first-order chi connectivity index (χ1) is 12.9. The molecule has 1 atom stereocenters. The smallest absolute Gasteiger partial charge is 0.259 e. The van der Waals surface area contributed by atoms with Crippen LogP contribution in [-0.2, 0) is 4.79 Å². The van der Waals surface area contributed by atoms with E-state index < -0.39 is 6.04 Å². The fourth-order valence-electron chi connectivity index (χ4n) is 3.23. The van der Waals surface area contributed by atoms with Crippen LogP contribution < -0.4 is 15.0 Å². The number of amides is 2. The fourth-order valence-corrected chi connectivity index (χ4v) is 3.48. The largest absolute Gasteiger partial charge is 0.495 e. The molecule has 0 fully saturated rings. The van der Waals surface area contributed by atoms with Crippen LogP contribution in [0.2, 0.25) is 5.02 Å². The van der Waals surface area contributed by atoms with E-state index in [0.29, 0.717) is 40.0 Å². The molecule has 1 unspecified atom stereocenters. The molecule has 2 aromatic carbocycles. The zero-order chi connectivity index (χ0) is 19.6. The molecule has 3 rings (SSSR count). The average molecular weight is 387 g/mol. The third-order valence-electron chi connectivity index (χ3n) is 4.65. The summed E-state index contributed by atoms with van der Waals surface area (Å²) in [7, 11) is 1.53. The normalized spacial score (nSPS) is 15.8. The van der Waals surface area contributed by atoms with Gasteiger partial charge < -0.3 is 10.1 Å². The van der Waals surface area contributed by atoms with E-state index in [1.54, 1.807) is 30.3 Å². The van der Waals surface area contributed by atoms with E-state index in [2.05, 4.69) is 19.2 Å². The van der Waals surface area contributed by atoms with Crippen LogP contribution in [0.4, 0.5) is 5.69 Å². The Morgan fingerprint density at radius 1 is 1.26 bits per heavy atom. The summed E-state index contributed by atoms with van der Waals surface area (Å²) in [5.41, 5.74) is 1.80. The van der Waals surface area contributed by atoms with Gasteiger partial charge in [-0.1, -0.05) is 43.6 Å². The number of halogens is 1. The molecule has 0 bridgehead atoms. The number of carbonyl (C=O) groups excluding carboxylic acids is 2. The second-order valence-corrected chi connectivity index (χ2v) is 7.36. The molecular weight excluding hydrogens is 364 g/mol. The molecule has 2 amide bonds. The van der Waals surface area contributed by atoms with Crippen LogP contribution in [-0.4, -0.2) is 25.5 Å². The quantitative estimate of drug-likeness (QED) is 0.808. The number of hydrogen-bond donors (Lipinski definition) is 1. The van der Waals surface area contributed by atoms with Gasteiger partial charge in [-0.2, -0.15) is 0 Å². The Morgan fingerprint density at radius 3 is 2.67 bits per heavy atom. The van der Waals surface area contributed by atoms with Gasteiger partial charge in [-0.25, -0.2) is 0 Å². The number of carbonyl (C=O) groups is 2. The monoisotopic (exact) mass is 386 g/mol. The fraction of sp³-hybridized carbons (Fsp3) is 0.333. The minimum absolute atomic E-state index is 0.194. The van der Waals surface area contributed by atoms with Crippen molar-refractivity contribution in [1.29, 1.82) is 0 Å². The van der Waals surface area contributed by atoms with Gasteiger partial charge >= 0.3 is 0 Å². The molecule has 1 heterocycles. The molecule has 27 heavy (non-hydrogen) atoms. The minimum Gasteiger partial charge on any atom is -0.495 e. The number of rotatable bonds is 6. The van der Waals surface area contributed by atoms with Crippen LogP contribution in [0.5, 0.6) is 5.75 Å². The second kappa shape index (κ2) is 8.01. The van der Waals surface area contributed by atoms with E-state index in [4.69, 9.17) is 16.3 Å². The van der Waals surface area contributed by atoms with Crippen LogP contribution in [0.1, 0.15) is 42.2 Å². The van der Waals surface area contributed by atoms with Crippen LogP contribution in [0, 0.1) is 5.92 Å². The van der Waals surface area contributed by atoms with E-state index in [0.717, 1.165) is 6.42 Å². The maximum Gasteiger partial charge on any atom is 0.259 e. The van der Waals surface area contributed by atoms with Gasteiger partial charge in [0.25, 0.3) is 5.91 Å². The summed E-state index contributed by atoms with van der Waals surface area (Å²) >= 11 is 6.25. The summed E-state index contributed by atoms with van der Waals surface area (Å²) in [5.74, 6) is 0.596. The Balaban J connectivity index is 1.97. The maximum atomic E-state index is 13.0. The summed E-state index contributed by atoms with van der Waals surface area (Å²) in [5, 5.41) is 3.35. The van der Waals surface area contributed by atoms with Crippen LogP contribution in [0.3, 0.4) is 0 Å². The summed E-state index contributed by atoms with van der Waals surface area (Å²) in [6, 6.07) is 11.6. The summed E-state index contributed by atoms with van der Waals surface area (Å²) < 4.78 is 5.19. The predicted molar refractivity (Wildman–Crippen MR) is 106 cm³/mol. The van der Waals surface area contributed by atoms with Crippen molar-refractivity contribution in [1.82, 2.24) is 5.32 Å². The molecule has 5 nitrogen and oxygen atoms in total. The number of methoxy groups -OCH3 is 1. The number of fused-ring (bicyclic) bond motifs is 1. The standard InChI is InChI=1S/C21H23ClN2O3/c1-13(2)10-11-23-20(25)19-15-6-4-5-7-16(15)21(26)24(19)14-8-9-18(27-3)17(22)12-14/h4-9,12-13,19H,10-11H2,1-3H3,(H,23,25). The highest BCUT2D eigenvalue weighted by Gasteiger charge is 2.41. The van der Waals surface area contributed by atoms with Crippen molar-refractivity contribution in [3.8, 4) is 5.75 Å². The molecule has 0 saturated heterocycles. The lowest BCUT2D eigenvalue weighted by Crippen LogP contribution is -2.39. The van der Waals surface area contributed by atoms with Gasteiger partial charge in [-0.05, 0) is 42.2 Å². The zero-order valence-corrected chi connectivity index (χ0v) is 16.4. The van der Waals surface area contributed by atoms with Gasteiger partial charge in [-0.3, -0.25) is 14.5 Å². The molecule has 0 spiro atoms. The van der Waals surface area contributed by atoms with Crippen molar-refractivity contribution in [2.75, 3.05) is 18.6 Å². The van der Waals surface area contributed by atoms with Crippen molar-refractivity contribution >= 4 is 29.1 Å². The van der Waals surface area contributed by atoms with Crippen molar-refractivity contribution in [2.45, 2.75) is 26.3 Å². The third kappa shape index (κ3) is 3.78. The Bertz CT molecular complexity index is 866. The molecule has 1 aliphatic rings. The van der Waals surface area contributed by atoms with Crippen LogP contribution in [0.25, 0.3) is 0 Å². The van der Waals surface area contributed by atoms with Gasteiger partial charge in [0.15, 0.2) is 0 Å². The number of hydrogen-bond acceptors (Lipinski definition) is 3. The highest BCUT2D eigenvalue weighted by molar-refractivity contribution is 6.32. The molecule has 0 aromatic heterocycles. The van der Waals surface area contributed by atoms with Gasteiger partial charge in [0.1, 0.15) is 11.8 Å². The number of benzene rings is 2. The van der Waals surface area contributed by atoms with Crippen molar-refractivity contribution in [3.05, 3.63) is 58.6 Å². The van der Waals surface area contributed by atoms with Gasteiger partial charge in [0.05, 0.1) is 12.1 Å². The minimum atomic E-state index is -0.717. The molecule has 1 aliphatic heterocycles. The Hall–Kier alpha value is -2.53. The van der Waals surface area contributed by atoms with Crippen molar-refractivity contribution in [3.63, 3.8) is 0 Å². The lowest BCUT2D eigenvalue weighted by atomic mass is 10.0. The SMILES string of the molecule is COc1ccc(N2C(=O)c3ccccc3C2C(=O)NCCC(C)C)cc1Cl. The predicted octanol–water partition coefficient (Wildman–Crippen LogP) is 4.21. The molecule has 142 valence electrons. The molecular formula is C21H23ClN2O3. The summed E-state index contributed by atoms with van der Waals surface area (Å²) in [4.78, 5) is 27.5. The highest BCUT2D eigenvalue weighted by atomic mass is 35.5. The third-order valence-corrected chi connectivity index (χ3v) is 4.94. The Kier molecular flexibility index (Phi) is 5.71. The highest BCUT2D eigenvalue weighted by Crippen LogP contribution is 2.39. The lowest BCUT2D eigenvalue weighted by Gasteiger charge is -2.25. The number of nitrogens with one attached hydrogen (secondary N) is 1. The molecule has 6 heteroatoms. The number of anilines is 1. The topological polar surface area (TPSA) is 58.6 Å². The lowest BCUT2D eigenvalue weighted by molar-refractivity contribution is -0.122. The van der Waals surface area contributed by atoms with Gasteiger partial charge in [-0.15, -0.1) is 0 Å². The summed E-state index contributed by atoms with van der Waals surface area (Å²) in [6.45, 7) is 4.78. The van der Waals surface area contributed by atoms with Crippen LogP contribution in [0.15, 0.2) is 42.5 Å². The average Bonchev–Trinajstić information content (AvgIpc) is 2.94. The maximum absolute atomic E-state index is 13.0.